The number of halogens is 1. The quantitative estimate of drug-likeness (QED) is 0.826. The Hall–Kier alpha value is -1.62. The molecule has 5 heteroatoms. The second-order valence-corrected chi connectivity index (χ2v) is 4.34. The molecule has 1 aromatic carbocycles. The predicted octanol–water partition coefficient (Wildman–Crippen LogP) is 1.06. The second kappa shape index (κ2) is 4.71. The largest absolute Gasteiger partial charge is 0.480 e. The summed E-state index contributed by atoms with van der Waals surface area (Å²) in [5.41, 5.74) is 6.37. The molecule has 1 saturated heterocycles. The standard InChI is InChI=1S/C12H15FN2O2/c13-9-2-1-3-10(6-9)15-5-4-8(7-15)11(14)12(16)17/h1-3,6,8,11H,4-5,7,14H2,(H,16,17). The van der Waals surface area contributed by atoms with Crippen molar-refractivity contribution in [3.63, 3.8) is 0 Å². The van der Waals surface area contributed by atoms with Gasteiger partial charge >= 0.3 is 5.97 Å². The molecule has 0 spiro atoms. The van der Waals surface area contributed by atoms with E-state index in [2.05, 4.69) is 0 Å². The number of aliphatic carboxylic acids is 1. The van der Waals surface area contributed by atoms with Crippen molar-refractivity contribution in [3.8, 4) is 0 Å². The van der Waals surface area contributed by atoms with E-state index < -0.39 is 12.0 Å². The summed E-state index contributed by atoms with van der Waals surface area (Å²) in [5, 5.41) is 8.84. The predicted molar refractivity (Wildman–Crippen MR) is 62.3 cm³/mol. The Morgan fingerprint density at radius 2 is 2.35 bits per heavy atom. The number of carboxylic acids is 1. The number of hydrogen-bond donors (Lipinski definition) is 2. The van der Waals surface area contributed by atoms with E-state index in [9.17, 15) is 9.18 Å². The van der Waals surface area contributed by atoms with E-state index in [1.807, 2.05) is 11.0 Å². The molecule has 17 heavy (non-hydrogen) atoms. The summed E-state index contributed by atoms with van der Waals surface area (Å²) in [6, 6.07) is 5.47. The molecule has 3 N–H and O–H groups in total. The molecule has 0 aliphatic carbocycles. The first kappa shape index (κ1) is 11.9. The van der Waals surface area contributed by atoms with Crippen LogP contribution in [0.2, 0.25) is 0 Å². The first-order chi connectivity index (χ1) is 8.08. The van der Waals surface area contributed by atoms with Crippen LogP contribution >= 0.6 is 0 Å². The zero-order valence-electron chi connectivity index (χ0n) is 9.34. The molecule has 2 rings (SSSR count). The van der Waals surface area contributed by atoms with Crippen LogP contribution in [0.5, 0.6) is 0 Å². The van der Waals surface area contributed by atoms with Crippen molar-refractivity contribution < 1.29 is 14.3 Å². The Kier molecular flexibility index (Phi) is 3.28. The lowest BCUT2D eigenvalue weighted by Gasteiger charge is -2.20. The van der Waals surface area contributed by atoms with Crippen molar-refractivity contribution in [1.82, 2.24) is 0 Å². The highest BCUT2D eigenvalue weighted by Crippen LogP contribution is 2.25. The lowest BCUT2D eigenvalue weighted by molar-refractivity contribution is -0.139. The third kappa shape index (κ3) is 2.55. The number of carboxylic acid groups (broad SMARTS) is 1. The van der Waals surface area contributed by atoms with Crippen molar-refractivity contribution in [1.29, 1.82) is 0 Å². The van der Waals surface area contributed by atoms with Gasteiger partial charge in [0.1, 0.15) is 11.9 Å². The lowest BCUT2D eigenvalue weighted by Crippen LogP contribution is -2.39. The van der Waals surface area contributed by atoms with Gasteiger partial charge in [0.25, 0.3) is 0 Å². The van der Waals surface area contributed by atoms with Gasteiger partial charge in [-0.15, -0.1) is 0 Å². The SMILES string of the molecule is NC(C(=O)O)C1CCN(c2cccc(F)c2)C1. The molecule has 0 radical (unpaired) electrons. The first-order valence-corrected chi connectivity index (χ1v) is 5.57. The highest BCUT2D eigenvalue weighted by Gasteiger charge is 2.31. The minimum absolute atomic E-state index is 0.0734. The Labute approximate surface area is 98.8 Å². The second-order valence-electron chi connectivity index (χ2n) is 4.34. The molecule has 92 valence electrons. The molecule has 0 aromatic heterocycles. The number of rotatable bonds is 3. The van der Waals surface area contributed by atoms with Gasteiger partial charge in [0, 0.05) is 24.7 Å². The highest BCUT2D eigenvalue weighted by molar-refractivity contribution is 5.73. The average molecular weight is 238 g/mol. The third-order valence-corrected chi connectivity index (χ3v) is 3.19. The zero-order valence-corrected chi connectivity index (χ0v) is 9.34. The zero-order chi connectivity index (χ0) is 12.4. The summed E-state index contributed by atoms with van der Waals surface area (Å²) >= 11 is 0. The number of benzene rings is 1. The van der Waals surface area contributed by atoms with Gasteiger partial charge < -0.3 is 15.7 Å². The van der Waals surface area contributed by atoms with Crippen LogP contribution in [0, 0.1) is 11.7 Å². The number of carbonyl (C=O) groups is 1. The van der Waals surface area contributed by atoms with E-state index in [0.29, 0.717) is 6.54 Å². The van der Waals surface area contributed by atoms with Crippen molar-refractivity contribution >= 4 is 11.7 Å². The van der Waals surface area contributed by atoms with Gasteiger partial charge in [0.15, 0.2) is 0 Å². The number of anilines is 1. The molecule has 4 nitrogen and oxygen atoms in total. The summed E-state index contributed by atoms with van der Waals surface area (Å²) < 4.78 is 13.1. The summed E-state index contributed by atoms with van der Waals surface area (Å²) in [6.45, 7) is 1.28. The molecular weight excluding hydrogens is 223 g/mol. The van der Waals surface area contributed by atoms with Crippen molar-refractivity contribution in [2.24, 2.45) is 11.7 Å². The molecule has 1 aromatic rings. The maximum absolute atomic E-state index is 13.1. The molecule has 1 aliphatic heterocycles. The molecular formula is C12H15FN2O2. The van der Waals surface area contributed by atoms with Gasteiger partial charge in [-0.1, -0.05) is 6.07 Å². The summed E-state index contributed by atoms with van der Waals surface area (Å²) in [7, 11) is 0. The maximum Gasteiger partial charge on any atom is 0.320 e. The normalized spacial score (nSPS) is 21.5. The van der Waals surface area contributed by atoms with Gasteiger partial charge in [-0.25, -0.2) is 4.39 Å². The summed E-state index contributed by atoms with van der Waals surface area (Å²) in [5.74, 6) is -1.33. The van der Waals surface area contributed by atoms with Crippen molar-refractivity contribution in [2.75, 3.05) is 18.0 Å². The van der Waals surface area contributed by atoms with Crippen LogP contribution in [0.1, 0.15) is 6.42 Å². The fourth-order valence-corrected chi connectivity index (χ4v) is 2.19. The Morgan fingerprint density at radius 1 is 1.59 bits per heavy atom. The van der Waals surface area contributed by atoms with E-state index in [-0.39, 0.29) is 11.7 Å². The fraction of sp³-hybridized carbons (Fsp3) is 0.417. The minimum Gasteiger partial charge on any atom is -0.480 e. The number of nitrogens with two attached hydrogens (primary N) is 1. The van der Waals surface area contributed by atoms with Gasteiger partial charge in [0.2, 0.25) is 0 Å². The first-order valence-electron chi connectivity index (χ1n) is 5.57. The van der Waals surface area contributed by atoms with Crippen LogP contribution in [0.4, 0.5) is 10.1 Å². The minimum atomic E-state index is -0.976. The van der Waals surface area contributed by atoms with Gasteiger partial charge in [-0.05, 0) is 24.6 Å². The van der Waals surface area contributed by atoms with Crippen LogP contribution in [-0.2, 0) is 4.79 Å². The summed E-state index contributed by atoms with van der Waals surface area (Å²) in [4.78, 5) is 12.7. The molecule has 0 amide bonds. The average Bonchev–Trinajstić information content (AvgIpc) is 2.77. The van der Waals surface area contributed by atoms with Crippen LogP contribution in [0.25, 0.3) is 0 Å². The monoisotopic (exact) mass is 238 g/mol. The molecule has 1 fully saturated rings. The molecule has 0 saturated carbocycles. The number of hydrogen-bond acceptors (Lipinski definition) is 3. The smallest absolute Gasteiger partial charge is 0.320 e. The van der Waals surface area contributed by atoms with E-state index >= 15 is 0 Å². The van der Waals surface area contributed by atoms with Crippen molar-refractivity contribution in [3.05, 3.63) is 30.1 Å². The Bertz CT molecular complexity index is 425. The topological polar surface area (TPSA) is 66.6 Å². The highest BCUT2D eigenvalue weighted by atomic mass is 19.1. The lowest BCUT2D eigenvalue weighted by atomic mass is 10.0. The Morgan fingerprint density at radius 3 is 3.00 bits per heavy atom. The van der Waals surface area contributed by atoms with Crippen LogP contribution in [0.15, 0.2) is 24.3 Å². The third-order valence-electron chi connectivity index (χ3n) is 3.19. The molecule has 1 aliphatic rings. The molecule has 2 unspecified atom stereocenters. The van der Waals surface area contributed by atoms with Crippen LogP contribution in [-0.4, -0.2) is 30.2 Å². The van der Waals surface area contributed by atoms with E-state index in [4.69, 9.17) is 10.8 Å². The van der Waals surface area contributed by atoms with Gasteiger partial charge in [-0.3, -0.25) is 4.79 Å². The van der Waals surface area contributed by atoms with Crippen LogP contribution < -0.4 is 10.6 Å². The molecule has 2 atom stereocenters. The van der Waals surface area contributed by atoms with E-state index in [0.717, 1.165) is 18.7 Å². The maximum atomic E-state index is 13.1. The van der Waals surface area contributed by atoms with Gasteiger partial charge in [0.05, 0.1) is 0 Å². The van der Waals surface area contributed by atoms with Crippen LogP contribution in [0.3, 0.4) is 0 Å². The van der Waals surface area contributed by atoms with E-state index in [1.54, 1.807) is 6.07 Å². The van der Waals surface area contributed by atoms with E-state index in [1.165, 1.54) is 12.1 Å². The van der Waals surface area contributed by atoms with Gasteiger partial charge in [-0.2, -0.15) is 0 Å². The summed E-state index contributed by atoms with van der Waals surface area (Å²) in [6.07, 6.45) is 0.726. The van der Waals surface area contributed by atoms with Crippen molar-refractivity contribution in [2.45, 2.75) is 12.5 Å². The number of nitrogens with zero attached hydrogens (tertiary/aromatic N) is 1. The fourth-order valence-electron chi connectivity index (χ4n) is 2.19. The molecule has 0 bridgehead atoms. The molecule has 1 heterocycles. The Balaban J connectivity index is 2.05.